The fourth-order valence-electron chi connectivity index (χ4n) is 0.775. The van der Waals surface area contributed by atoms with Gasteiger partial charge in [0, 0.05) is 39.0 Å². The predicted octanol–water partition coefficient (Wildman–Crippen LogP) is 3.26. The molecule has 0 aromatic carbocycles. The molecule has 1 radical (unpaired) electrons. The van der Waals surface area contributed by atoms with Gasteiger partial charge in [0.05, 0.1) is 10.1 Å². The zero-order valence-electron chi connectivity index (χ0n) is 12.0. The average Bonchev–Trinajstić information content (AvgIpc) is 2.18. The summed E-state index contributed by atoms with van der Waals surface area (Å²) in [6.45, 7) is 4.44. The monoisotopic (exact) mass is 392 g/mol. The molecule has 0 rings (SSSR count). The van der Waals surface area contributed by atoms with Crippen molar-refractivity contribution in [3.05, 3.63) is 0 Å². The van der Waals surface area contributed by atoms with E-state index in [4.69, 9.17) is 13.0 Å². The first-order chi connectivity index (χ1) is 7.83. The van der Waals surface area contributed by atoms with Crippen LogP contribution in [0.15, 0.2) is 0 Å². The molecule has 0 aliphatic rings. The molecular weight excluding hydrogens is 363 g/mol. The van der Waals surface area contributed by atoms with Crippen LogP contribution in [0.1, 0.15) is 52.4 Å². The predicted molar refractivity (Wildman–Crippen MR) is 83.8 cm³/mol. The minimum Gasteiger partial charge on any atom is -0.748 e. The van der Waals surface area contributed by atoms with E-state index in [1.54, 1.807) is 0 Å². The summed E-state index contributed by atoms with van der Waals surface area (Å²) < 4.78 is 27.2. The molecule has 0 aliphatic carbocycles. The summed E-state index contributed by atoms with van der Waals surface area (Å²) in [5.41, 5.74) is 0. The van der Waals surface area contributed by atoms with E-state index < -0.39 is 10.1 Å². The summed E-state index contributed by atoms with van der Waals surface area (Å²) in [4.78, 5) is 0. The zero-order valence-corrected chi connectivity index (χ0v) is 18.0. The minimum atomic E-state index is -3.92. The number of rotatable bonds is 6. The van der Waals surface area contributed by atoms with Gasteiger partial charge in [-0.15, -0.1) is 18.5 Å². The standard InChI is InChI=1S/C6H15P.C4H11P.CH4O3S.Y/c1-2-3-4-5-6-7;1-2-3-4-5;1-5(2,3)4;/h2-7H2,1H3;2-5H2,1H3;1H3,(H,2,3,4);/p-1. The molecule has 0 fully saturated rings. The molecule has 7 heteroatoms. The Morgan fingerprint density at radius 2 is 1.22 bits per heavy atom. The van der Waals surface area contributed by atoms with Crippen LogP contribution in [-0.4, -0.2) is 31.6 Å². The van der Waals surface area contributed by atoms with E-state index in [1.165, 1.54) is 50.8 Å². The van der Waals surface area contributed by atoms with E-state index in [9.17, 15) is 0 Å². The van der Waals surface area contributed by atoms with Gasteiger partial charge in [0.1, 0.15) is 0 Å². The molecule has 111 valence electrons. The summed E-state index contributed by atoms with van der Waals surface area (Å²) in [6.07, 6.45) is 11.4. The van der Waals surface area contributed by atoms with Crippen LogP contribution >= 0.6 is 18.5 Å². The average molecular weight is 392 g/mol. The number of hydrogen-bond acceptors (Lipinski definition) is 3. The Morgan fingerprint density at radius 3 is 1.39 bits per heavy atom. The van der Waals surface area contributed by atoms with E-state index in [0.717, 1.165) is 0 Å². The molecule has 3 nitrogen and oxygen atoms in total. The summed E-state index contributed by atoms with van der Waals surface area (Å²) in [6, 6.07) is 0. The maximum Gasteiger partial charge on any atom is 0.0916 e. The molecule has 2 unspecified atom stereocenters. The summed E-state index contributed by atoms with van der Waals surface area (Å²) in [5.74, 6) is 0. The van der Waals surface area contributed by atoms with Crippen LogP contribution < -0.4 is 0 Å². The molecule has 0 aromatic heterocycles. The third-order valence-electron chi connectivity index (χ3n) is 1.62. The second-order valence-electron chi connectivity index (χ2n) is 3.70. The molecule has 0 aliphatic heterocycles. The van der Waals surface area contributed by atoms with Gasteiger partial charge < -0.3 is 4.55 Å². The van der Waals surface area contributed by atoms with Crippen molar-refractivity contribution in [1.82, 2.24) is 0 Å². The van der Waals surface area contributed by atoms with Gasteiger partial charge in [-0.25, -0.2) is 8.42 Å². The van der Waals surface area contributed by atoms with Crippen molar-refractivity contribution in [3.8, 4) is 0 Å². The van der Waals surface area contributed by atoms with E-state index in [1.807, 2.05) is 0 Å². The number of hydrogen-bond donors (Lipinski definition) is 0. The Morgan fingerprint density at radius 1 is 0.889 bits per heavy atom. The Hall–Kier alpha value is 1.87. The Bertz CT molecular complexity index is 198. The molecule has 0 bridgehead atoms. The van der Waals surface area contributed by atoms with Crippen molar-refractivity contribution in [2.24, 2.45) is 0 Å². The molecule has 0 N–H and O–H groups in total. The van der Waals surface area contributed by atoms with E-state index in [2.05, 4.69) is 32.3 Å². The Balaban J connectivity index is -0.0000000813. The molecule has 0 heterocycles. The van der Waals surface area contributed by atoms with Crippen molar-refractivity contribution in [3.63, 3.8) is 0 Å². The molecular formula is C11H29O3P2SY-. The van der Waals surface area contributed by atoms with Crippen molar-refractivity contribution in [2.45, 2.75) is 52.4 Å². The molecule has 0 saturated carbocycles. The summed E-state index contributed by atoms with van der Waals surface area (Å²) in [5, 5.41) is 0. The van der Waals surface area contributed by atoms with Gasteiger partial charge in [-0.3, -0.25) is 0 Å². The van der Waals surface area contributed by atoms with Gasteiger partial charge >= 0.3 is 0 Å². The molecule has 2 atom stereocenters. The SMILES string of the molecule is CCCCCCP.CCCCP.CS(=O)(=O)[O-].[Y]. The van der Waals surface area contributed by atoms with Crippen LogP contribution in [0.5, 0.6) is 0 Å². The van der Waals surface area contributed by atoms with Crippen molar-refractivity contribution in [1.29, 1.82) is 0 Å². The van der Waals surface area contributed by atoms with Crippen LogP contribution in [0, 0.1) is 0 Å². The molecule has 0 amide bonds. The molecule has 0 aromatic rings. The quantitative estimate of drug-likeness (QED) is 0.396. The van der Waals surface area contributed by atoms with Crippen molar-refractivity contribution >= 4 is 28.6 Å². The minimum absolute atomic E-state index is 0. The first kappa shape index (κ1) is 28.1. The topological polar surface area (TPSA) is 57.2 Å². The van der Waals surface area contributed by atoms with E-state index >= 15 is 0 Å². The van der Waals surface area contributed by atoms with E-state index in [-0.39, 0.29) is 32.7 Å². The van der Waals surface area contributed by atoms with Crippen LogP contribution in [-0.2, 0) is 42.8 Å². The van der Waals surface area contributed by atoms with Gasteiger partial charge in [0.25, 0.3) is 0 Å². The van der Waals surface area contributed by atoms with E-state index in [0.29, 0.717) is 6.26 Å². The zero-order chi connectivity index (χ0) is 14.2. The van der Waals surface area contributed by atoms with Gasteiger partial charge in [-0.2, -0.15) is 0 Å². The Kier molecular flexibility index (Phi) is 37.4. The first-order valence-electron chi connectivity index (χ1n) is 6.14. The molecule has 18 heavy (non-hydrogen) atoms. The van der Waals surface area contributed by atoms with Crippen LogP contribution in [0.25, 0.3) is 0 Å². The van der Waals surface area contributed by atoms with Crippen LogP contribution in [0.2, 0.25) is 0 Å². The second kappa shape index (κ2) is 23.9. The Labute approximate surface area is 144 Å². The first-order valence-corrected chi connectivity index (χ1v) is 9.59. The maximum atomic E-state index is 9.08. The maximum absolute atomic E-state index is 9.08. The third kappa shape index (κ3) is 82.1. The van der Waals surface area contributed by atoms with Gasteiger partial charge in [0.15, 0.2) is 0 Å². The van der Waals surface area contributed by atoms with Crippen LogP contribution in [0.3, 0.4) is 0 Å². The van der Waals surface area contributed by atoms with Gasteiger partial charge in [-0.1, -0.05) is 46.0 Å². The van der Waals surface area contributed by atoms with Gasteiger partial charge in [0.2, 0.25) is 0 Å². The van der Waals surface area contributed by atoms with Crippen molar-refractivity contribution in [2.75, 3.05) is 18.6 Å². The summed E-state index contributed by atoms with van der Waals surface area (Å²) in [7, 11) is 1.53. The fourth-order valence-corrected chi connectivity index (χ4v) is 1.47. The summed E-state index contributed by atoms with van der Waals surface area (Å²) >= 11 is 0. The normalized spacial score (nSPS) is 9.22. The van der Waals surface area contributed by atoms with Crippen LogP contribution in [0.4, 0.5) is 0 Å². The second-order valence-corrected chi connectivity index (χ2v) is 6.26. The molecule has 0 saturated heterocycles. The smallest absolute Gasteiger partial charge is 0.0916 e. The van der Waals surface area contributed by atoms with Crippen molar-refractivity contribution < 1.29 is 45.7 Å². The largest absolute Gasteiger partial charge is 0.748 e. The fraction of sp³-hybridized carbons (Fsp3) is 1.00. The third-order valence-corrected chi connectivity index (χ3v) is 2.43. The number of unbranched alkanes of at least 4 members (excludes halogenated alkanes) is 4. The molecule has 0 spiro atoms. The van der Waals surface area contributed by atoms with Gasteiger partial charge in [-0.05, 0) is 18.7 Å².